The molecule has 1 aromatic rings. The van der Waals surface area contributed by atoms with Gasteiger partial charge in [0.15, 0.2) is 5.76 Å². The second kappa shape index (κ2) is 7.17. The standard InChI is InChI=1S/C16H22N2O6S/c19-15(13-7-8-14(24-13)16(20)21)18-9-3-6-12(10-18)25(22,23)17-11-4-1-2-5-11/h7-8,11-12,17H,1-6,9-10H2,(H,20,21). The first-order chi connectivity index (χ1) is 11.9. The molecule has 1 aliphatic carbocycles. The van der Waals surface area contributed by atoms with Crippen LogP contribution < -0.4 is 4.72 Å². The minimum absolute atomic E-state index is 0.000670. The van der Waals surface area contributed by atoms with Crippen molar-refractivity contribution in [2.45, 2.75) is 49.8 Å². The Hall–Kier alpha value is -1.87. The zero-order chi connectivity index (χ0) is 18.0. The highest BCUT2D eigenvalue weighted by molar-refractivity contribution is 7.90. The van der Waals surface area contributed by atoms with Gasteiger partial charge in [0.05, 0.1) is 5.25 Å². The molecular formula is C16H22N2O6S. The van der Waals surface area contributed by atoms with Crippen LogP contribution in [0.5, 0.6) is 0 Å². The summed E-state index contributed by atoms with van der Waals surface area (Å²) < 4.78 is 33.0. The number of sulfonamides is 1. The zero-order valence-corrected chi connectivity index (χ0v) is 14.6. The molecule has 2 aliphatic rings. The fourth-order valence-corrected chi connectivity index (χ4v) is 5.22. The molecule has 3 rings (SSSR count). The molecule has 0 radical (unpaired) electrons. The Morgan fingerprint density at radius 1 is 1.12 bits per heavy atom. The van der Waals surface area contributed by atoms with E-state index in [1.807, 2.05) is 0 Å². The molecule has 0 spiro atoms. The number of carboxylic acid groups (broad SMARTS) is 1. The molecule has 8 nitrogen and oxygen atoms in total. The number of carboxylic acids is 1. The molecule has 1 aliphatic heterocycles. The van der Waals surface area contributed by atoms with Crippen molar-refractivity contribution in [3.63, 3.8) is 0 Å². The zero-order valence-electron chi connectivity index (χ0n) is 13.8. The Labute approximate surface area is 146 Å². The fraction of sp³-hybridized carbons (Fsp3) is 0.625. The molecule has 138 valence electrons. The van der Waals surface area contributed by atoms with Gasteiger partial charge in [0.25, 0.3) is 5.91 Å². The van der Waals surface area contributed by atoms with E-state index in [0.29, 0.717) is 19.4 Å². The van der Waals surface area contributed by atoms with Crippen molar-refractivity contribution in [2.75, 3.05) is 13.1 Å². The molecule has 1 aromatic heterocycles. The van der Waals surface area contributed by atoms with Gasteiger partial charge in [-0.15, -0.1) is 0 Å². The number of rotatable bonds is 5. The summed E-state index contributed by atoms with van der Waals surface area (Å²) in [5.74, 6) is -2.13. The average Bonchev–Trinajstić information content (AvgIpc) is 3.25. The molecule has 1 unspecified atom stereocenters. The van der Waals surface area contributed by atoms with Crippen molar-refractivity contribution >= 4 is 21.9 Å². The summed E-state index contributed by atoms with van der Waals surface area (Å²) >= 11 is 0. The third kappa shape index (κ3) is 4.04. The number of likely N-dealkylation sites (tertiary alicyclic amines) is 1. The normalized spacial score (nSPS) is 22.2. The Morgan fingerprint density at radius 3 is 2.44 bits per heavy atom. The summed E-state index contributed by atoms with van der Waals surface area (Å²) in [7, 11) is -3.49. The number of carbonyl (C=O) groups excluding carboxylic acids is 1. The second-order valence-corrected chi connectivity index (χ2v) is 8.62. The van der Waals surface area contributed by atoms with E-state index in [4.69, 9.17) is 9.52 Å². The van der Waals surface area contributed by atoms with Crippen LogP contribution in [0.3, 0.4) is 0 Å². The van der Waals surface area contributed by atoms with Gasteiger partial charge < -0.3 is 14.4 Å². The van der Waals surface area contributed by atoms with Crippen LogP contribution in [0.25, 0.3) is 0 Å². The van der Waals surface area contributed by atoms with Gasteiger partial charge in [0.1, 0.15) is 0 Å². The molecule has 1 atom stereocenters. The number of furan rings is 1. The van der Waals surface area contributed by atoms with Crippen LogP contribution >= 0.6 is 0 Å². The first kappa shape index (κ1) is 17.9. The Balaban J connectivity index is 1.67. The van der Waals surface area contributed by atoms with Crippen LogP contribution in [0.2, 0.25) is 0 Å². The van der Waals surface area contributed by atoms with Crippen molar-refractivity contribution in [3.8, 4) is 0 Å². The third-order valence-electron chi connectivity index (χ3n) is 4.82. The van der Waals surface area contributed by atoms with Crippen molar-refractivity contribution in [1.82, 2.24) is 9.62 Å². The summed E-state index contributed by atoms with van der Waals surface area (Å²) in [6, 6.07) is 2.52. The predicted molar refractivity (Wildman–Crippen MR) is 88.9 cm³/mol. The predicted octanol–water partition coefficient (Wildman–Crippen LogP) is 1.44. The lowest BCUT2D eigenvalue weighted by atomic mass is 10.1. The Morgan fingerprint density at radius 2 is 1.80 bits per heavy atom. The van der Waals surface area contributed by atoms with Gasteiger partial charge in [-0.3, -0.25) is 4.79 Å². The summed E-state index contributed by atoms with van der Waals surface area (Å²) in [6.07, 6.45) is 4.87. The van der Waals surface area contributed by atoms with E-state index in [1.54, 1.807) is 0 Å². The minimum atomic E-state index is -3.49. The smallest absolute Gasteiger partial charge is 0.371 e. The Kier molecular flexibility index (Phi) is 5.14. The molecule has 1 saturated carbocycles. The lowest BCUT2D eigenvalue weighted by Crippen LogP contribution is -2.49. The van der Waals surface area contributed by atoms with Crippen LogP contribution in [0, 0.1) is 0 Å². The number of carbonyl (C=O) groups is 2. The number of nitrogens with zero attached hydrogens (tertiary/aromatic N) is 1. The van der Waals surface area contributed by atoms with E-state index in [2.05, 4.69) is 4.72 Å². The van der Waals surface area contributed by atoms with E-state index in [9.17, 15) is 18.0 Å². The van der Waals surface area contributed by atoms with Crippen molar-refractivity contribution < 1.29 is 27.5 Å². The molecule has 2 N–H and O–H groups in total. The highest BCUT2D eigenvalue weighted by atomic mass is 32.2. The number of amides is 1. The number of hydrogen-bond donors (Lipinski definition) is 2. The van der Waals surface area contributed by atoms with Gasteiger partial charge >= 0.3 is 5.97 Å². The van der Waals surface area contributed by atoms with Crippen LogP contribution in [0.1, 0.15) is 59.6 Å². The topological polar surface area (TPSA) is 117 Å². The molecule has 1 saturated heterocycles. The van der Waals surface area contributed by atoms with Gasteiger partial charge in [-0.25, -0.2) is 17.9 Å². The van der Waals surface area contributed by atoms with Crippen molar-refractivity contribution in [3.05, 3.63) is 23.7 Å². The number of piperidine rings is 1. The largest absolute Gasteiger partial charge is 0.475 e. The summed E-state index contributed by atoms with van der Waals surface area (Å²) in [5, 5.41) is 8.22. The van der Waals surface area contributed by atoms with Gasteiger partial charge in [-0.1, -0.05) is 12.8 Å². The van der Waals surface area contributed by atoms with E-state index in [0.717, 1.165) is 25.7 Å². The van der Waals surface area contributed by atoms with Crippen LogP contribution in [-0.2, 0) is 10.0 Å². The maximum atomic E-state index is 12.6. The first-order valence-corrected chi connectivity index (χ1v) is 10.0. The molecule has 1 amide bonds. The van der Waals surface area contributed by atoms with Crippen molar-refractivity contribution in [2.24, 2.45) is 0 Å². The quantitative estimate of drug-likeness (QED) is 0.810. The lowest BCUT2D eigenvalue weighted by Gasteiger charge is -2.32. The maximum Gasteiger partial charge on any atom is 0.371 e. The Bertz CT molecular complexity index is 750. The number of aromatic carboxylic acids is 1. The molecule has 9 heteroatoms. The van der Waals surface area contributed by atoms with Gasteiger partial charge in [-0.2, -0.15) is 0 Å². The first-order valence-electron chi connectivity index (χ1n) is 8.50. The van der Waals surface area contributed by atoms with Crippen LogP contribution in [0.4, 0.5) is 0 Å². The monoisotopic (exact) mass is 370 g/mol. The van der Waals surface area contributed by atoms with Crippen molar-refractivity contribution in [1.29, 1.82) is 0 Å². The van der Waals surface area contributed by atoms with Gasteiger partial charge in [0.2, 0.25) is 15.8 Å². The van der Waals surface area contributed by atoms with Crippen LogP contribution in [-0.4, -0.2) is 54.7 Å². The van der Waals surface area contributed by atoms with Gasteiger partial charge in [-0.05, 0) is 37.8 Å². The fourth-order valence-electron chi connectivity index (χ4n) is 3.47. The maximum absolute atomic E-state index is 12.6. The second-order valence-electron chi connectivity index (χ2n) is 6.63. The highest BCUT2D eigenvalue weighted by Gasteiger charge is 2.35. The number of hydrogen-bond acceptors (Lipinski definition) is 5. The van der Waals surface area contributed by atoms with Gasteiger partial charge in [0, 0.05) is 19.1 Å². The summed E-state index contributed by atoms with van der Waals surface area (Å²) in [6.45, 7) is 0.515. The van der Waals surface area contributed by atoms with E-state index in [1.165, 1.54) is 17.0 Å². The molecule has 0 aromatic carbocycles. The summed E-state index contributed by atoms with van der Waals surface area (Å²) in [5.41, 5.74) is 0. The van der Waals surface area contributed by atoms with E-state index >= 15 is 0 Å². The average molecular weight is 370 g/mol. The number of nitrogens with one attached hydrogen (secondary N) is 1. The molecule has 2 fully saturated rings. The minimum Gasteiger partial charge on any atom is -0.475 e. The highest BCUT2D eigenvalue weighted by Crippen LogP contribution is 2.23. The third-order valence-corrected chi connectivity index (χ3v) is 6.74. The SMILES string of the molecule is O=C(O)c1ccc(C(=O)N2CCCC(S(=O)(=O)NC3CCCC3)C2)o1. The lowest BCUT2D eigenvalue weighted by molar-refractivity contribution is 0.0643. The molecule has 25 heavy (non-hydrogen) atoms. The van der Waals surface area contributed by atoms with E-state index in [-0.39, 0.29) is 24.1 Å². The molecular weight excluding hydrogens is 348 g/mol. The molecule has 2 heterocycles. The molecule has 0 bridgehead atoms. The summed E-state index contributed by atoms with van der Waals surface area (Å²) in [4.78, 5) is 24.8. The van der Waals surface area contributed by atoms with E-state index < -0.39 is 27.1 Å². The van der Waals surface area contributed by atoms with Crippen LogP contribution in [0.15, 0.2) is 16.5 Å².